The lowest BCUT2D eigenvalue weighted by Crippen LogP contribution is -2.25. The zero-order valence-electron chi connectivity index (χ0n) is 11.9. The number of anilines is 1. The highest BCUT2D eigenvalue weighted by molar-refractivity contribution is 5.65. The molecule has 0 amide bonds. The van der Waals surface area contributed by atoms with E-state index >= 15 is 0 Å². The molecule has 5 heteroatoms. The van der Waals surface area contributed by atoms with Crippen molar-refractivity contribution in [3.05, 3.63) is 66.1 Å². The number of hydrazine groups is 1. The Morgan fingerprint density at radius 2 is 1.95 bits per heavy atom. The highest BCUT2D eigenvalue weighted by Crippen LogP contribution is 2.16. The van der Waals surface area contributed by atoms with Gasteiger partial charge in [-0.2, -0.15) is 0 Å². The maximum atomic E-state index is 6.02. The number of hydrogen-bond donors (Lipinski definition) is 3. The Morgan fingerprint density at radius 3 is 2.57 bits per heavy atom. The van der Waals surface area contributed by atoms with Crippen LogP contribution in [-0.4, -0.2) is 11.5 Å². The molecule has 6 N–H and O–H groups in total. The Bertz CT molecular complexity index is 577. The number of pyridine rings is 1. The smallest absolute Gasteiger partial charge is 0.0584 e. The van der Waals surface area contributed by atoms with Crippen molar-refractivity contribution in [2.75, 3.05) is 11.6 Å². The van der Waals surface area contributed by atoms with Gasteiger partial charge in [0.2, 0.25) is 0 Å². The predicted molar refractivity (Wildman–Crippen MR) is 86.9 cm³/mol. The lowest BCUT2D eigenvalue weighted by atomic mass is 10.1. The topological polar surface area (TPSA) is 94.2 Å². The third-order valence-electron chi connectivity index (χ3n) is 3.18. The van der Waals surface area contributed by atoms with Crippen LogP contribution in [0.2, 0.25) is 0 Å². The van der Waals surface area contributed by atoms with Crippen LogP contribution in [-0.2, 0) is 6.42 Å². The highest BCUT2D eigenvalue weighted by Gasteiger charge is 2.02. The lowest BCUT2D eigenvalue weighted by Gasteiger charge is -2.15. The molecule has 1 aromatic carbocycles. The van der Waals surface area contributed by atoms with Gasteiger partial charge in [0.1, 0.15) is 0 Å². The fourth-order valence-corrected chi connectivity index (χ4v) is 1.97. The van der Waals surface area contributed by atoms with Gasteiger partial charge in [0.05, 0.1) is 11.4 Å². The van der Waals surface area contributed by atoms with Crippen LogP contribution in [0.25, 0.3) is 5.70 Å². The van der Waals surface area contributed by atoms with Gasteiger partial charge in [-0.3, -0.25) is 9.99 Å². The summed E-state index contributed by atoms with van der Waals surface area (Å²) in [5.41, 5.74) is 15.1. The first-order valence-corrected chi connectivity index (χ1v) is 6.91. The maximum absolute atomic E-state index is 6.02. The van der Waals surface area contributed by atoms with E-state index in [0.717, 1.165) is 24.1 Å². The maximum Gasteiger partial charge on any atom is 0.0584 e. The average Bonchev–Trinajstić information content (AvgIpc) is 2.54. The summed E-state index contributed by atoms with van der Waals surface area (Å²) in [5.74, 6) is 6.02. The molecule has 0 radical (unpaired) electrons. The average molecular weight is 283 g/mol. The molecule has 0 bridgehead atoms. The third kappa shape index (κ3) is 4.30. The number of hydrogen-bond acceptors (Lipinski definition) is 5. The zero-order valence-corrected chi connectivity index (χ0v) is 11.9. The molecule has 21 heavy (non-hydrogen) atoms. The van der Waals surface area contributed by atoms with E-state index in [1.807, 2.05) is 24.3 Å². The molecule has 0 aliphatic rings. The molecule has 2 rings (SSSR count). The van der Waals surface area contributed by atoms with Gasteiger partial charge < -0.3 is 11.5 Å². The van der Waals surface area contributed by atoms with Crippen molar-refractivity contribution in [2.45, 2.75) is 12.8 Å². The number of nitrogens with two attached hydrogens (primary N) is 3. The van der Waals surface area contributed by atoms with Crippen LogP contribution in [0.3, 0.4) is 0 Å². The van der Waals surface area contributed by atoms with Gasteiger partial charge in [-0.25, -0.2) is 5.84 Å². The molecule has 110 valence electrons. The van der Waals surface area contributed by atoms with Crippen LogP contribution < -0.4 is 22.3 Å². The van der Waals surface area contributed by atoms with Crippen molar-refractivity contribution in [3.63, 3.8) is 0 Å². The van der Waals surface area contributed by atoms with Crippen LogP contribution in [0, 0.1) is 0 Å². The highest BCUT2D eigenvalue weighted by atomic mass is 15.4. The Kier molecular flexibility index (Phi) is 5.31. The standard InChI is InChI=1S/C16H21N5/c17-9-1-3-13-5-7-15(8-6-13)21(19)12-16(18)14-4-2-10-20-11-14/h2,4-8,10-12H,1,3,9,17-19H2/b16-12-. The van der Waals surface area contributed by atoms with Crippen molar-refractivity contribution in [3.8, 4) is 0 Å². The summed E-state index contributed by atoms with van der Waals surface area (Å²) in [7, 11) is 0. The zero-order chi connectivity index (χ0) is 15.1. The van der Waals surface area contributed by atoms with Gasteiger partial charge in [-0.15, -0.1) is 0 Å². The summed E-state index contributed by atoms with van der Waals surface area (Å²) in [6, 6.07) is 11.8. The molecule has 2 aromatic rings. The van der Waals surface area contributed by atoms with Crippen molar-refractivity contribution >= 4 is 11.4 Å². The second-order valence-corrected chi connectivity index (χ2v) is 4.79. The normalized spacial score (nSPS) is 11.4. The van der Waals surface area contributed by atoms with Gasteiger partial charge in [-0.1, -0.05) is 12.1 Å². The molecule has 0 saturated carbocycles. The van der Waals surface area contributed by atoms with E-state index in [0.29, 0.717) is 12.2 Å². The summed E-state index contributed by atoms with van der Waals surface area (Å²) >= 11 is 0. The Hall–Kier alpha value is -2.37. The predicted octanol–water partition coefficient (Wildman–Crippen LogP) is 1.61. The van der Waals surface area contributed by atoms with Gasteiger partial charge in [-0.05, 0) is 49.2 Å². The van der Waals surface area contributed by atoms with E-state index < -0.39 is 0 Å². The summed E-state index contributed by atoms with van der Waals surface area (Å²) in [5, 5.41) is 1.51. The SMILES string of the molecule is NCCCc1ccc(N(N)/C=C(\N)c2cccnc2)cc1. The van der Waals surface area contributed by atoms with Gasteiger partial charge >= 0.3 is 0 Å². The summed E-state index contributed by atoms with van der Waals surface area (Å²) in [6.45, 7) is 0.704. The molecule has 5 nitrogen and oxygen atoms in total. The van der Waals surface area contributed by atoms with Gasteiger partial charge in [0.25, 0.3) is 0 Å². The quantitative estimate of drug-likeness (QED) is 0.553. The number of aromatic nitrogens is 1. The first-order chi connectivity index (χ1) is 10.2. The fraction of sp³-hybridized carbons (Fsp3) is 0.188. The van der Waals surface area contributed by atoms with Crippen molar-refractivity contribution in [2.24, 2.45) is 17.3 Å². The van der Waals surface area contributed by atoms with Crippen LogP contribution in [0.1, 0.15) is 17.5 Å². The van der Waals surface area contributed by atoms with E-state index in [1.165, 1.54) is 10.6 Å². The molecule has 0 spiro atoms. The number of rotatable bonds is 6. The molecular weight excluding hydrogens is 262 g/mol. The third-order valence-corrected chi connectivity index (χ3v) is 3.18. The molecule has 0 unspecified atom stereocenters. The van der Waals surface area contributed by atoms with Crippen LogP contribution in [0.4, 0.5) is 5.69 Å². The minimum atomic E-state index is 0.567. The summed E-state index contributed by atoms with van der Waals surface area (Å²) < 4.78 is 0. The second-order valence-electron chi connectivity index (χ2n) is 4.79. The van der Waals surface area contributed by atoms with E-state index in [4.69, 9.17) is 17.3 Å². The largest absolute Gasteiger partial charge is 0.397 e. The molecule has 1 aromatic heterocycles. The molecule has 0 fully saturated rings. The van der Waals surface area contributed by atoms with E-state index in [1.54, 1.807) is 18.6 Å². The summed E-state index contributed by atoms with van der Waals surface area (Å²) in [4.78, 5) is 4.04. The molecule has 0 aliphatic heterocycles. The first kappa shape index (κ1) is 15.0. The Morgan fingerprint density at radius 1 is 1.19 bits per heavy atom. The van der Waals surface area contributed by atoms with Crippen molar-refractivity contribution in [1.29, 1.82) is 0 Å². The van der Waals surface area contributed by atoms with Crippen molar-refractivity contribution in [1.82, 2.24) is 4.98 Å². The Balaban J connectivity index is 2.07. The molecule has 0 aliphatic carbocycles. The van der Waals surface area contributed by atoms with Crippen molar-refractivity contribution < 1.29 is 0 Å². The molecule has 0 saturated heterocycles. The van der Waals surface area contributed by atoms with Crippen LogP contribution in [0.15, 0.2) is 55.0 Å². The van der Waals surface area contributed by atoms with E-state index in [2.05, 4.69) is 17.1 Å². The van der Waals surface area contributed by atoms with E-state index in [9.17, 15) is 0 Å². The monoisotopic (exact) mass is 283 g/mol. The Labute approximate surface area is 125 Å². The number of aryl methyl sites for hydroxylation is 1. The van der Waals surface area contributed by atoms with Gasteiger partial charge in [0.15, 0.2) is 0 Å². The number of nitrogens with zero attached hydrogens (tertiary/aromatic N) is 2. The fourth-order valence-electron chi connectivity index (χ4n) is 1.97. The second kappa shape index (κ2) is 7.42. The lowest BCUT2D eigenvalue weighted by molar-refractivity contribution is 0.832. The molecular formula is C16H21N5. The summed E-state index contributed by atoms with van der Waals surface area (Å²) in [6.07, 6.45) is 7.06. The van der Waals surface area contributed by atoms with Gasteiger partial charge in [0, 0.05) is 24.2 Å². The minimum Gasteiger partial charge on any atom is -0.397 e. The minimum absolute atomic E-state index is 0.567. The first-order valence-electron chi connectivity index (χ1n) is 6.91. The van der Waals surface area contributed by atoms with E-state index in [-0.39, 0.29) is 0 Å². The number of benzene rings is 1. The molecule has 0 atom stereocenters. The van der Waals surface area contributed by atoms with Crippen LogP contribution in [0.5, 0.6) is 0 Å². The van der Waals surface area contributed by atoms with Crippen LogP contribution >= 0.6 is 0 Å². The molecule has 1 heterocycles.